The fraction of sp³-hybridized carbons (Fsp3) is 0.643. The maximum absolute atomic E-state index is 11.8. The second kappa shape index (κ2) is 7.99. The van der Waals surface area contributed by atoms with Crippen molar-refractivity contribution in [1.29, 1.82) is 0 Å². The number of aryl methyl sites for hydroxylation is 1. The van der Waals surface area contributed by atoms with Gasteiger partial charge in [-0.3, -0.25) is 9.59 Å². The van der Waals surface area contributed by atoms with Crippen molar-refractivity contribution in [2.45, 2.75) is 40.0 Å². The van der Waals surface area contributed by atoms with Crippen LogP contribution in [0.3, 0.4) is 0 Å². The van der Waals surface area contributed by atoms with Crippen molar-refractivity contribution < 1.29 is 14.7 Å². The lowest BCUT2D eigenvalue weighted by Gasteiger charge is -2.17. The van der Waals surface area contributed by atoms with E-state index in [1.807, 2.05) is 12.3 Å². The number of nitrogens with zero attached hydrogens (tertiary/aromatic N) is 1. The molecule has 0 aromatic carbocycles. The van der Waals surface area contributed by atoms with E-state index in [1.54, 1.807) is 0 Å². The number of carbonyl (C=O) groups is 2. The molecule has 0 aliphatic heterocycles. The minimum atomic E-state index is -0.819. The zero-order chi connectivity index (χ0) is 15.1. The third-order valence-electron chi connectivity index (χ3n) is 2.86. The van der Waals surface area contributed by atoms with Crippen LogP contribution in [-0.4, -0.2) is 28.5 Å². The Morgan fingerprint density at radius 1 is 1.45 bits per heavy atom. The summed E-state index contributed by atoms with van der Waals surface area (Å²) >= 11 is 1.52. The van der Waals surface area contributed by atoms with E-state index in [9.17, 15) is 9.59 Å². The van der Waals surface area contributed by atoms with E-state index in [1.165, 1.54) is 11.3 Å². The van der Waals surface area contributed by atoms with Gasteiger partial charge >= 0.3 is 5.97 Å². The molecule has 5 nitrogen and oxygen atoms in total. The van der Waals surface area contributed by atoms with E-state index in [0.29, 0.717) is 12.5 Å². The van der Waals surface area contributed by atoms with Crippen molar-refractivity contribution in [3.05, 3.63) is 16.1 Å². The number of hydrogen-bond acceptors (Lipinski definition) is 4. The highest BCUT2D eigenvalue weighted by Crippen LogP contribution is 2.15. The Kier molecular flexibility index (Phi) is 6.64. The zero-order valence-corrected chi connectivity index (χ0v) is 13.0. The number of thiazole rings is 1. The van der Waals surface area contributed by atoms with Gasteiger partial charge in [0, 0.05) is 18.3 Å². The first-order valence-electron chi connectivity index (χ1n) is 6.76. The lowest BCUT2D eigenvalue weighted by Crippen LogP contribution is -2.32. The van der Waals surface area contributed by atoms with Crippen LogP contribution in [-0.2, 0) is 16.0 Å². The van der Waals surface area contributed by atoms with Gasteiger partial charge in [-0.2, -0.15) is 0 Å². The molecular formula is C14H22N2O3S. The first-order valence-corrected chi connectivity index (χ1v) is 7.64. The quantitative estimate of drug-likeness (QED) is 0.771. The van der Waals surface area contributed by atoms with Crippen molar-refractivity contribution in [2.75, 3.05) is 6.54 Å². The Balaban J connectivity index is 2.41. The topological polar surface area (TPSA) is 79.3 Å². The van der Waals surface area contributed by atoms with Crippen LogP contribution < -0.4 is 5.32 Å². The molecule has 1 rings (SSSR count). The molecule has 0 saturated heterocycles. The summed E-state index contributed by atoms with van der Waals surface area (Å²) in [7, 11) is 0. The number of aromatic nitrogens is 1. The van der Waals surface area contributed by atoms with Crippen LogP contribution in [0, 0.1) is 18.8 Å². The van der Waals surface area contributed by atoms with E-state index in [2.05, 4.69) is 24.1 Å². The van der Waals surface area contributed by atoms with Crippen LogP contribution in [0.15, 0.2) is 5.38 Å². The van der Waals surface area contributed by atoms with E-state index >= 15 is 0 Å². The molecule has 0 aliphatic rings. The number of nitrogens with one attached hydrogen (secondary N) is 1. The molecule has 1 amide bonds. The minimum Gasteiger partial charge on any atom is -0.481 e. The third kappa shape index (κ3) is 6.65. The van der Waals surface area contributed by atoms with E-state index in [-0.39, 0.29) is 24.7 Å². The summed E-state index contributed by atoms with van der Waals surface area (Å²) in [5.74, 6) is -0.527. The van der Waals surface area contributed by atoms with Crippen molar-refractivity contribution in [3.63, 3.8) is 0 Å². The van der Waals surface area contributed by atoms with Gasteiger partial charge in [0.2, 0.25) is 5.91 Å². The molecule has 112 valence electrons. The zero-order valence-electron chi connectivity index (χ0n) is 12.2. The maximum atomic E-state index is 11.8. The van der Waals surface area contributed by atoms with E-state index in [4.69, 9.17) is 5.11 Å². The number of carboxylic acid groups (broad SMARTS) is 1. The Labute approximate surface area is 123 Å². The molecule has 0 radical (unpaired) electrons. The number of carbonyl (C=O) groups excluding carboxylic acids is 1. The van der Waals surface area contributed by atoms with Crippen molar-refractivity contribution >= 4 is 23.2 Å². The molecule has 0 bridgehead atoms. The van der Waals surface area contributed by atoms with Gasteiger partial charge in [0.15, 0.2) is 0 Å². The van der Waals surface area contributed by atoms with Crippen molar-refractivity contribution in [3.8, 4) is 0 Å². The molecule has 0 saturated carbocycles. The maximum Gasteiger partial charge on any atom is 0.303 e. The number of rotatable bonds is 8. The summed E-state index contributed by atoms with van der Waals surface area (Å²) in [6.45, 7) is 6.41. The summed E-state index contributed by atoms with van der Waals surface area (Å²) in [4.78, 5) is 26.9. The molecule has 1 unspecified atom stereocenters. The standard InChI is InChI=1S/C14H22N2O3S/c1-9(2)4-11(5-14(18)19)7-15-13(17)6-12-8-20-10(3)16-12/h8-9,11H,4-7H2,1-3H3,(H,15,17)(H,18,19). The van der Waals surface area contributed by atoms with Crippen LogP contribution in [0.25, 0.3) is 0 Å². The first kappa shape index (κ1) is 16.6. The lowest BCUT2D eigenvalue weighted by molar-refractivity contribution is -0.138. The van der Waals surface area contributed by atoms with Crippen LogP contribution in [0.4, 0.5) is 0 Å². The number of hydrogen-bond donors (Lipinski definition) is 2. The molecule has 1 heterocycles. The average Bonchev–Trinajstić information content (AvgIpc) is 2.70. The van der Waals surface area contributed by atoms with Crippen molar-refractivity contribution in [2.24, 2.45) is 11.8 Å². The molecule has 0 fully saturated rings. The fourth-order valence-corrected chi connectivity index (χ4v) is 2.74. The summed E-state index contributed by atoms with van der Waals surface area (Å²) in [5, 5.41) is 14.5. The molecule has 2 N–H and O–H groups in total. The predicted molar refractivity (Wildman–Crippen MR) is 78.8 cm³/mol. The normalized spacial score (nSPS) is 12.4. The highest BCUT2D eigenvalue weighted by atomic mass is 32.1. The molecule has 0 aliphatic carbocycles. The monoisotopic (exact) mass is 298 g/mol. The highest BCUT2D eigenvalue weighted by Gasteiger charge is 2.16. The summed E-state index contributed by atoms with van der Waals surface area (Å²) in [5.41, 5.74) is 0.767. The van der Waals surface area contributed by atoms with Gasteiger partial charge in [-0.1, -0.05) is 13.8 Å². The SMILES string of the molecule is Cc1nc(CC(=O)NCC(CC(=O)O)CC(C)C)cs1. The summed E-state index contributed by atoms with van der Waals surface area (Å²) in [6, 6.07) is 0. The third-order valence-corrected chi connectivity index (χ3v) is 3.69. The Morgan fingerprint density at radius 3 is 2.65 bits per heavy atom. The number of aliphatic carboxylic acids is 1. The van der Waals surface area contributed by atoms with Gasteiger partial charge in [0.1, 0.15) is 0 Å². The van der Waals surface area contributed by atoms with Crippen LogP contribution in [0.5, 0.6) is 0 Å². The van der Waals surface area contributed by atoms with Gasteiger partial charge in [-0.05, 0) is 25.2 Å². The van der Waals surface area contributed by atoms with E-state index in [0.717, 1.165) is 17.1 Å². The summed E-state index contributed by atoms with van der Waals surface area (Å²) in [6.07, 6.45) is 1.14. The molecule has 1 aromatic heterocycles. The van der Waals surface area contributed by atoms with E-state index < -0.39 is 5.97 Å². The Morgan fingerprint density at radius 2 is 2.15 bits per heavy atom. The van der Waals surface area contributed by atoms with Crippen molar-refractivity contribution in [1.82, 2.24) is 10.3 Å². The minimum absolute atomic E-state index is 0.0198. The Bertz CT molecular complexity index is 457. The second-order valence-corrected chi connectivity index (χ2v) is 6.49. The highest BCUT2D eigenvalue weighted by molar-refractivity contribution is 7.09. The smallest absolute Gasteiger partial charge is 0.303 e. The number of amides is 1. The molecule has 1 aromatic rings. The fourth-order valence-electron chi connectivity index (χ4n) is 2.13. The molecule has 20 heavy (non-hydrogen) atoms. The van der Waals surface area contributed by atoms with Crippen LogP contribution in [0.2, 0.25) is 0 Å². The predicted octanol–water partition coefficient (Wildman–Crippen LogP) is 2.25. The molecule has 0 spiro atoms. The number of carboxylic acids is 1. The first-order chi connectivity index (χ1) is 9.36. The van der Waals surface area contributed by atoms with Gasteiger partial charge in [-0.15, -0.1) is 11.3 Å². The van der Waals surface area contributed by atoms with Crippen LogP contribution >= 0.6 is 11.3 Å². The van der Waals surface area contributed by atoms with Gasteiger partial charge in [0.25, 0.3) is 0 Å². The van der Waals surface area contributed by atoms with Crippen LogP contribution in [0.1, 0.15) is 37.4 Å². The van der Waals surface area contributed by atoms with Gasteiger partial charge in [-0.25, -0.2) is 4.98 Å². The average molecular weight is 298 g/mol. The Hall–Kier alpha value is -1.43. The largest absolute Gasteiger partial charge is 0.481 e. The molecule has 1 atom stereocenters. The van der Waals surface area contributed by atoms with Gasteiger partial charge in [0.05, 0.1) is 17.1 Å². The molecular weight excluding hydrogens is 276 g/mol. The summed E-state index contributed by atoms with van der Waals surface area (Å²) < 4.78 is 0. The molecule has 6 heteroatoms. The second-order valence-electron chi connectivity index (χ2n) is 5.43. The lowest BCUT2D eigenvalue weighted by atomic mass is 9.94. The van der Waals surface area contributed by atoms with Gasteiger partial charge < -0.3 is 10.4 Å².